The lowest BCUT2D eigenvalue weighted by atomic mass is 10.2. The predicted molar refractivity (Wildman–Crippen MR) is 112 cm³/mol. The molecule has 2 aromatic rings. The highest BCUT2D eigenvalue weighted by Gasteiger charge is 2.15. The van der Waals surface area contributed by atoms with E-state index >= 15 is 0 Å². The van der Waals surface area contributed by atoms with Crippen molar-refractivity contribution in [2.45, 2.75) is 20.3 Å². The Hall–Kier alpha value is -2.08. The van der Waals surface area contributed by atoms with Crippen LogP contribution in [0.15, 0.2) is 42.5 Å². The Morgan fingerprint density at radius 2 is 1.59 bits per heavy atom. The van der Waals surface area contributed by atoms with Gasteiger partial charge in [0, 0.05) is 10.7 Å². The molecule has 5 nitrogen and oxygen atoms in total. The number of benzene rings is 2. The molecule has 0 bridgehead atoms. The Bertz CT molecular complexity index is 812. The third kappa shape index (κ3) is 6.86. The Morgan fingerprint density at radius 3 is 2.22 bits per heavy atom. The first-order valence-electron chi connectivity index (χ1n) is 8.71. The molecule has 144 valence electrons. The molecule has 2 rings (SSSR count). The van der Waals surface area contributed by atoms with Gasteiger partial charge in [-0.2, -0.15) is 0 Å². The standard InChI is InChI=1S/C20H23Cl2N3O2/c1-3-10-25(12-19(26)23-17-7-5-4-6-14(17)2)13-20(27)24-18-11-15(21)8-9-16(18)22/h4-9,11H,3,10,12-13H2,1-2H3,(H,23,26)(H,24,27). The molecule has 2 amide bonds. The van der Waals surface area contributed by atoms with Gasteiger partial charge in [0.2, 0.25) is 11.8 Å². The Balaban J connectivity index is 1.95. The Kier molecular flexibility index (Phi) is 8.10. The van der Waals surface area contributed by atoms with Crippen LogP contribution in [0.1, 0.15) is 18.9 Å². The number of para-hydroxylation sites is 1. The molecular formula is C20H23Cl2N3O2. The number of rotatable bonds is 8. The van der Waals surface area contributed by atoms with E-state index in [1.807, 2.05) is 38.1 Å². The summed E-state index contributed by atoms with van der Waals surface area (Å²) in [5, 5.41) is 6.52. The third-order valence-corrected chi connectivity index (χ3v) is 4.46. The van der Waals surface area contributed by atoms with Gasteiger partial charge in [-0.05, 0) is 49.7 Å². The lowest BCUT2D eigenvalue weighted by molar-refractivity contribution is -0.120. The number of anilines is 2. The summed E-state index contributed by atoms with van der Waals surface area (Å²) >= 11 is 12.0. The number of carbonyl (C=O) groups excluding carboxylic acids is 2. The van der Waals surface area contributed by atoms with E-state index in [0.29, 0.717) is 22.3 Å². The van der Waals surface area contributed by atoms with Crippen molar-refractivity contribution >= 4 is 46.4 Å². The highest BCUT2D eigenvalue weighted by Crippen LogP contribution is 2.25. The van der Waals surface area contributed by atoms with Crippen LogP contribution in [0.5, 0.6) is 0 Å². The summed E-state index contributed by atoms with van der Waals surface area (Å²) in [5.74, 6) is -0.414. The quantitative estimate of drug-likeness (QED) is 0.672. The zero-order valence-corrected chi connectivity index (χ0v) is 16.9. The first-order valence-corrected chi connectivity index (χ1v) is 9.47. The summed E-state index contributed by atoms with van der Waals surface area (Å²) in [4.78, 5) is 26.5. The van der Waals surface area contributed by atoms with Crippen molar-refractivity contribution < 1.29 is 9.59 Å². The lowest BCUT2D eigenvalue weighted by Crippen LogP contribution is -2.39. The maximum atomic E-state index is 12.4. The maximum Gasteiger partial charge on any atom is 0.238 e. The summed E-state index contributed by atoms with van der Waals surface area (Å²) in [7, 11) is 0. The molecule has 0 aliphatic rings. The highest BCUT2D eigenvalue weighted by molar-refractivity contribution is 6.35. The Labute approximate surface area is 169 Å². The van der Waals surface area contributed by atoms with Crippen LogP contribution in [0.2, 0.25) is 10.0 Å². The molecule has 0 fully saturated rings. The van der Waals surface area contributed by atoms with E-state index in [1.165, 1.54) is 0 Å². The van der Waals surface area contributed by atoms with Crippen LogP contribution < -0.4 is 10.6 Å². The van der Waals surface area contributed by atoms with Crippen LogP contribution in [-0.2, 0) is 9.59 Å². The van der Waals surface area contributed by atoms with Gasteiger partial charge in [-0.3, -0.25) is 14.5 Å². The SMILES string of the molecule is CCCN(CC(=O)Nc1ccccc1C)CC(=O)Nc1cc(Cl)ccc1Cl. The third-order valence-electron chi connectivity index (χ3n) is 3.90. The van der Waals surface area contributed by atoms with Crippen molar-refractivity contribution in [2.24, 2.45) is 0 Å². The first-order chi connectivity index (χ1) is 12.9. The molecule has 0 unspecified atom stereocenters. The fraction of sp³-hybridized carbons (Fsp3) is 0.300. The minimum absolute atomic E-state index is 0.0812. The zero-order valence-electron chi connectivity index (χ0n) is 15.4. The minimum Gasteiger partial charge on any atom is -0.325 e. The van der Waals surface area contributed by atoms with Crippen molar-refractivity contribution in [1.29, 1.82) is 0 Å². The molecular weight excluding hydrogens is 385 g/mol. The zero-order chi connectivity index (χ0) is 19.8. The molecule has 0 saturated heterocycles. The smallest absolute Gasteiger partial charge is 0.238 e. The fourth-order valence-corrected chi connectivity index (χ4v) is 2.96. The summed E-state index contributed by atoms with van der Waals surface area (Å²) in [6.07, 6.45) is 0.822. The van der Waals surface area contributed by atoms with Crippen molar-refractivity contribution in [2.75, 3.05) is 30.3 Å². The molecule has 0 spiro atoms. The van der Waals surface area contributed by atoms with Crippen molar-refractivity contribution in [3.05, 3.63) is 58.1 Å². The molecule has 0 heterocycles. The molecule has 0 aliphatic heterocycles. The molecule has 0 aromatic heterocycles. The predicted octanol–water partition coefficient (Wildman–Crippen LogP) is 4.59. The first kappa shape index (κ1) is 21.2. The second-order valence-corrected chi connectivity index (χ2v) is 7.09. The summed E-state index contributed by atoms with van der Waals surface area (Å²) in [5.41, 5.74) is 2.21. The van der Waals surface area contributed by atoms with Crippen molar-refractivity contribution in [1.82, 2.24) is 4.90 Å². The van der Waals surface area contributed by atoms with Gasteiger partial charge in [0.05, 0.1) is 23.8 Å². The minimum atomic E-state index is -0.253. The van der Waals surface area contributed by atoms with Crippen molar-refractivity contribution in [3.8, 4) is 0 Å². The van der Waals surface area contributed by atoms with Crippen LogP contribution in [-0.4, -0.2) is 36.3 Å². The topological polar surface area (TPSA) is 61.4 Å². The van der Waals surface area contributed by atoms with E-state index in [-0.39, 0.29) is 24.9 Å². The highest BCUT2D eigenvalue weighted by atomic mass is 35.5. The van der Waals surface area contributed by atoms with Crippen LogP contribution in [0.4, 0.5) is 11.4 Å². The summed E-state index contributed by atoms with van der Waals surface area (Å²) in [6, 6.07) is 12.4. The van der Waals surface area contributed by atoms with E-state index in [2.05, 4.69) is 10.6 Å². The van der Waals surface area contributed by atoms with Gasteiger partial charge in [0.1, 0.15) is 0 Å². The largest absolute Gasteiger partial charge is 0.325 e. The average molecular weight is 408 g/mol. The number of hydrogen-bond donors (Lipinski definition) is 2. The number of halogens is 2. The molecule has 27 heavy (non-hydrogen) atoms. The van der Waals surface area contributed by atoms with Gasteiger partial charge < -0.3 is 10.6 Å². The number of nitrogens with one attached hydrogen (secondary N) is 2. The molecule has 0 aliphatic carbocycles. The second-order valence-electron chi connectivity index (χ2n) is 6.25. The molecule has 0 saturated carbocycles. The fourth-order valence-electron chi connectivity index (χ4n) is 2.62. The van der Waals surface area contributed by atoms with Crippen LogP contribution in [0.3, 0.4) is 0 Å². The number of aryl methyl sites for hydroxylation is 1. The van der Waals surface area contributed by atoms with Gasteiger partial charge in [-0.15, -0.1) is 0 Å². The Morgan fingerprint density at radius 1 is 0.963 bits per heavy atom. The molecule has 7 heteroatoms. The lowest BCUT2D eigenvalue weighted by Gasteiger charge is -2.21. The van der Waals surface area contributed by atoms with Gasteiger partial charge in [-0.25, -0.2) is 0 Å². The van der Waals surface area contributed by atoms with E-state index in [1.54, 1.807) is 23.1 Å². The molecule has 2 N–H and O–H groups in total. The number of carbonyl (C=O) groups is 2. The van der Waals surface area contributed by atoms with Crippen molar-refractivity contribution in [3.63, 3.8) is 0 Å². The van der Waals surface area contributed by atoms with Crippen LogP contribution >= 0.6 is 23.2 Å². The van der Waals surface area contributed by atoms with Gasteiger partial charge in [-0.1, -0.05) is 48.3 Å². The monoisotopic (exact) mass is 407 g/mol. The van der Waals surface area contributed by atoms with E-state index in [4.69, 9.17) is 23.2 Å². The van der Waals surface area contributed by atoms with Gasteiger partial charge in [0.25, 0.3) is 0 Å². The summed E-state index contributed by atoms with van der Waals surface area (Å²) < 4.78 is 0. The van der Waals surface area contributed by atoms with E-state index in [9.17, 15) is 9.59 Å². The van der Waals surface area contributed by atoms with Gasteiger partial charge >= 0.3 is 0 Å². The van der Waals surface area contributed by atoms with E-state index in [0.717, 1.165) is 17.7 Å². The van der Waals surface area contributed by atoms with Gasteiger partial charge in [0.15, 0.2) is 0 Å². The number of amides is 2. The maximum absolute atomic E-state index is 12.4. The number of hydrogen-bond acceptors (Lipinski definition) is 3. The summed E-state index contributed by atoms with van der Waals surface area (Å²) in [6.45, 7) is 4.76. The van der Waals surface area contributed by atoms with Crippen LogP contribution in [0.25, 0.3) is 0 Å². The normalized spacial score (nSPS) is 10.7. The van der Waals surface area contributed by atoms with Crippen LogP contribution in [0, 0.1) is 6.92 Å². The number of nitrogens with zero attached hydrogens (tertiary/aromatic N) is 1. The molecule has 0 atom stereocenters. The molecule has 0 radical (unpaired) electrons. The molecule has 2 aromatic carbocycles. The second kappa shape index (κ2) is 10.3. The van der Waals surface area contributed by atoms with E-state index < -0.39 is 0 Å². The average Bonchev–Trinajstić information content (AvgIpc) is 2.60.